The predicted molar refractivity (Wildman–Crippen MR) is 97.2 cm³/mol. The number of thiazole rings is 1. The zero-order chi connectivity index (χ0) is 15.5. The van der Waals surface area contributed by atoms with Crippen molar-refractivity contribution in [1.82, 2.24) is 9.97 Å². The fourth-order valence-corrected chi connectivity index (χ4v) is 3.22. The number of halogens is 1. The second-order valence-corrected chi connectivity index (χ2v) is 6.85. The second-order valence-electron chi connectivity index (χ2n) is 4.61. The maximum atomic E-state index is 12.4. The molecule has 0 radical (unpaired) electrons. The molecule has 0 bridgehead atoms. The van der Waals surface area contributed by atoms with Crippen molar-refractivity contribution in [1.29, 1.82) is 0 Å². The summed E-state index contributed by atoms with van der Waals surface area (Å²) < 4.78 is 1.13. The molecule has 0 spiro atoms. The first-order valence-corrected chi connectivity index (χ1v) is 8.49. The number of aryl methyl sites for hydroxylation is 1. The van der Waals surface area contributed by atoms with Crippen LogP contribution in [-0.4, -0.2) is 15.9 Å². The van der Waals surface area contributed by atoms with Crippen molar-refractivity contribution in [3.63, 3.8) is 0 Å². The van der Waals surface area contributed by atoms with Crippen LogP contribution in [0.1, 0.15) is 15.4 Å². The number of anilines is 1. The Labute approximate surface area is 145 Å². The molecule has 3 rings (SSSR count). The van der Waals surface area contributed by atoms with Crippen molar-refractivity contribution in [3.05, 3.63) is 62.8 Å². The van der Waals surface area contributed by atoms with E-state index in [9.17, 15) is 4.79 Å². The molecule has 3 aromatic rings. The summed E-state index contributed by atoms with van der Waals surface area (Å²) in [6.45, 7) is 1.84. The van der Waals surface area contributed by atoms with Gasteiger partial charge in [-0.05, 0) is 65.9 Å². The Balaban J connectivity index is 1.84. The molecule has 1 aromatic carbocycles. The molecule has 0 aliphatic carbocycles. The Morgan fingerprint density at radius 1 is 1.18 bits per heavy atom. The van der Waals surface area contributed by atoms with Crippen LogP contribution in [0.3, 0.4) is 0 Å². The number of benzene rings is 1. The number of hydrogen-bond donors (Lipinski definition) is 1. The molecule has 6 heteroatoms. The van der Waals surface area contributed by atoms with Crippen LogP contribution < -0.4 is 5.32 Å². The fraction of sp³-hybridized carbons (Fsp3) is 0.0625. The van der Waals surface area contributed by atoms with E-state index in [0.717, 1.165) is 20.0 Å². The highest BCUT2D eigenvalue weighted by Gasteiger charge is 2.16. The quantitative estimate of drug-likeness (QED) is 0.640. The molecule has 0 unspecified atom stereocenters. The highest BCUT2D eigenvalue weighted by atomic mass is 127. The molecule has 0 atom stereocenters. The largest absolute Gasteiger partial charge is 0.321 e. The third-order valence-corrected chi connectivity index (χ3v) is 4.89. The summed E-state index contributed by atoms with van der Waals surface area (Å²) in [5.41, 5.74) is 2.27. The molecular formula is C16H12IN3OS. The van der Waals surface area contributed by atoms with Crippen LogP contribution in [0.4, 0.5) is 5.69 Å². The van der Waals surface area contributed by atoms with Crippen LogP contribution >= 0.6 is 33.9 Å². The zero-order valence-corrected chi connectivity index (χ0v) is 14.7. The zero-order valence-electron chi connectivity index (χ0n) is 11.7. The number of rotatable bonds is 3. The lowest BCUT2D eigenvalue weighted by molar-refractivity contribution is 0.103. The van der Waals surface area contributed by atoms with Crippen molar-refractivity contribution in [2.45, 2.75) is 6.92 Å². The molecule has 0 saturated carbocycles. The van der Waals surface area contributed by atoms with E-state index in [1.807, 2.05) is 49.4 Å². The standard InChI is InChI=1S/C16H12IN3OS/c1-10-14(15(21)20-12-7-5-11(17)6-8-12)22-16(19-10)13-4-2-3-9-18-13/h2-9H,1H3,(H,20,21). The van der Waals surface area contributed by atoms with E-state index in [1.165, 1.54) is 11.3 Å². The van der Waals surface area contributed by atoms with Gasteiger partial charge in [0.1, 0.15) is 9.88 Å². The lowest BCUT2D eigenvalue weighted by Crippen LogP contribution is -2.11. The van der Waals surface area contributed by atoms with Crippen LogP contribution in [-0.2, 0) is 0 Å². The third-order valence-electron chi connectivity index (χ3n) is 2.99. The van der Waals surface area contributed by atoms with Crippen molar-refractivity contribution in [3.8, 4) is 10.7 Å². The number of carbonyl (C=O) groups excluding carboxylic acids is 1. The van der Waals surface area contributed by atoms with Gasteiger partial charge in [-0.3, -0.25) is 9.78 Å². The molecule has 1 N–H and O–H groups in total. The van der Waals surface area contributed by atoms with Crippen LogP contribution in [0.25, 0.3) is 10.7 Å². The molecule has 0 saturated heterocycles. The monoisotopic (exact) mass is 421 g/mol. The van der Waals surface area contributed by atoms with Crippen LogP contribution in [0, 0.1) is 10.5 Å². The second kappa shape index (κ2) is 6.53. The molecule has 0 aliphatic heterocycles. The Kier molecular flexibility index (Phi) is 4.49. The van der Waals surface area contributed by atoms with Gasteiger partial charge in [-0.25, -0.2) is 4.98 Å². The van der Waals surface area contributed by atoms with E-state index in [1.54, 1.807) is 6.20 Å². The van der Waals surface area contributed by atoms with Gasteiger partial charge in [0.2, 0.25) is 0 Å². The SMILES string of the molecule is Cc1nc(-c2ccccn2)sc1C(=O)Nc1ccc(I)cc1. The first-order valence-electron chi connectivity index (χ1n) is 6.59. The van der Waals surface area contributed by atoms with Gasteiger partial charge in [0.05, 0.1) is 11.4 Å². The Hall–Kier alpha value is -1.80. The molecule has 22 heavy (non-hydrogen) atoms. The summed E-state index contributed by atoms with van der Waals surface area (Å²) in [6.07, 6.45) is 1.72. The van der Waals surface area contributed by atoms with E-state index in [-0.39, 0.29) is 5.91 Å². The van der Waals surface area contributed by atoms with Crippen LogP contribution in [0.2, 0.25) is 0 Å². The topological polar surface area (TPSA) is 54.9 Å². The van der Waals surface area contributed by atoms with Crippen molar-refractivity contribution in [2.75, 3.05) is 5.32 Å². The Morgan fingerprint density at radius 2 is 1.95 bits per heavy atom. The number of nitrogens with one attached hydrogen (secondary N) is 1. The maximum Gasteiger partial charge on any atom is 0.267 e. The molecule has 1 amide bonds. The van der Waals surface area contributed by atoms with E-state index < -0.39 is 0 Å². The van der Waals surface area contributed by atoms with E-state index in [2.05, 4.69) is 37.9 Å². The number of carbonyl (C=O) groups is 1. The minimum Gasteiger partial charge on any atom is -0.321 e. The van der Waals surface area contributed by atoms with Crippen LogP contribution in [0.15, 0.2) is 48.7 Å². The molecule has 0 fully saturated rings. The van der Waals surface area contributed by atoms with Crippen molar-refractivity contribution >= 4 is 45.5 Å². The van der Waals surface area contributed by atoms with Gasteiger partial charge < -0.3 is 5.32 Å². The van der Waals surface area contributed by atoms with E-state index in [4.69, 9.17) is 0 Å². The lowest BCUT2D eigenvalue weighted by atomic mass is 10.3. The molecule has 2 aromatic heterocycles. The summed E-state index contributed by atoms with van der Waals surface area (Å²) in [5.74, 6) is -0.140. The summed E-state index contributed by atoms with van der Waals surface area (Å²) in [5, 5.41) is 3.65. The van der Waals surface area contributed by atoms with E-state index >= 15 is 0 Å². The van der Waals surface area contributed by atoms with Gasteiger partial charge in [-0.15, -0.1) is 11.3 Å². The van der Waals surface area contributed by atoms with Gasteiger partial charge in [-0.2, -0.15) is 0 Å². The minimum absolute atomic E-state index is 0.140. The fourth-order valence-electron chi connectivity index (χ4n) is 1.93. The lowest BCUT2D eigenvalue weighted by Gasteiger charge is -2.03. The summed E-state index contributed by atoms with van der Waals surface area (Å²) in [4.78, 5) is 21.7. The Bertz CT molecular complexity index is 800. The van der Waals surface area contributed by atoms with Crippen molar-refractivity contribution < 1.29 is 4.79 Å². The molecule has 4 nitrogen and oxygen atoms in total. The average molecular weight is 421 g/mol. The third kappa shape index (κ3) is 3.33. The summed E-state index contributed by atoms with van der Waals surface area (Å²) in [7, 11) is 0. The number of aromatic nitrogens is 2. The van der Waals surface area contributed by atoms with Crippen molar-refractivity contribution in [2.24, 2.45) is 0 Å². The number of amides is 1. The minimum atomic E-state index is -0.140. The van der Waals surface area contributed by atoms with E-state index in [0.29, 0.717) is 10.6 Å². The number of hydrogen-bond acceptors (Lipinski definition) is 4. The van der Waals surface area contributed by atoms with Crippen LogP contribution in [0.5, 0.6) is 0 Å². The summed E-state index contributed by atoms with van der Waals surface area (Å²) in [6, 6.07) is 13.3. The molecular weight excluding hydrogens is 409 g/mol. The van der Waals surface area contributed by atoms with Gasteiger partial charge in [0.25, 0.3) is 5.91 Å². The number of nitrogens with zero attached hydrogens (tertiary/aromatic N) is 2. The highest BCUT2D eigenvalue weighted by Crippen LogP contribution is 2.27. The Morgan fingerprint density at radius 3 is 2.64 bits per heavy atom. The molecule has 2 heterocycles. The van der Waals surface area contributed by atoms with Gasteiger partial charge in [-0.1, -0.05) is 6.07 Å². The number of pyridine rings is 1. The smallest absolute Gasteiger partial charge is 0.267 e. The molecule has 0 aliphatic rings. The summed E-state index contributed by atoms with van der Waals surface area (Å²) >= 11 is 3.59. The maximum absolute atomic E-state index is 12.4. The predicted octanol–water partition coefficient (Wildman–Crippen LogP) is 4.37. The average Bonchev–Trinajstić information content (AvgIpc) is 2.92. The first-order chi connectivity index (χ1) is 10.6. The van der Waals surface area contributed by atoms with Gasteiger partial charge >= 0.3 is 0 Å². The first kappa shape index (κ1) is 15.1. The molecule has 110 valence electrons. The normalized spacial score (nSPS) is 10.5. The van der Waals surface area contributed by atoms with Gasteiger partial charge in [0, 0.05) is 15.5 Å². The highest BCUT2D eigenvalue weighted by molar-refractivity contribution is 14.1. The van der Waals surface area contributed by atoms with Gasteiger partial charge in [0.15, 0.2) is 0 Å².